The van der Waals surface area contributed by atoms with E-state index in [0.717, 1.165) is 50.1 Å². The predicted molar refractivity (Wildman–Crippen MR) is 241 cm³/mol. The molecular weight excluding hydrogens is 731 g/mol. The number of aromatic hydroxyl groups is 5. The second kappa shape index (κ2) is 14.2. The highest BCUT2D eigenvalue weighted by Gasteiger charge is 2.35. The summed E-state index contributed by atoms with van der Waals surface area (Å²) in [7, 11) is 0. The van der Waals surface area contributed by atoms with Crippen molar-refractivity contribution in [3.05, 3.63) is 174 Å². The fraction of sp³-hybridized carbons (Fsp3) is 0.0943. The largest absolute Gasteiger partial charge is 0.504 e. The van der Waals surface area contributed by atoms with E-state index >= 15 is 0 Å². The van der Waals surface area contributed by atoms with E-state index < -0.39 is 28.7 Å². The molecule has 290 valence electrons. The molecule has 59 heavy (non-hydrogen) atoms. The summed E-state index contributed by atoms with van der Waals surface area (Å²) < 4.78 is 0. The molecule has 0 heterocycles. The van der Waals surface area contributed by atoms with Gasteiger partial charge >= 0.3 is 0 Å². The third-order valence-corrected chi connectivity index (χ3v) is 12.0. The van der Waals surface area contributed by atoms with Gasteiger partial charge in [0.25, 0.3) is 0 Å². The molecule has 0 aromatic heterocycles. The van der Waals surface area contributed by atoms with Gasteiger partial charge in [0.15, 0.2) is 11.5 Å². The number of phenolic OH excluding ortho intramolecular Hbond substituents is 5. The number of nitrogens with zero attached hydrogens (tertiary/aromatic N) is 1. The second-order valence-electron chi connectivity index (χ2n) is 15.7. The van der Waals surface area contributed by atoms with Crippen molar-refractivity contribution in [3.8, 4) is 62.1 Å². The lowest BCUT2D eigenvalue weighted by Gasteiger charge is -2.30. The van der Waals surface area contributed by atoms with Crippen LogP contribution in [0, 0.1) is 0 Å². The summed E-state index contributed by atoms with van der Waals surface area (Å²) in [6.45, 7) is 8.96. The van der Waals surface area contributed by atoms with Crippen molar-refractivity contribution in [2.75, 3.05) is 4.90 Å². The number of allylic oxidation sites excluding steroid dienone is 4. The van der Waals surface area contributed by atoms with Crippen molar-refractivity contribution in [1.82, 2.24) is 0 Å². The molecule has 1 aliphatic rings. The second-order valence-corrected chi connectivity index (χ2v) is 15.7. The van der Waals surface area contributed by atoms with Crippen LogP contribution in [-0.2, 0) is 5.41 Å². The van der Waals surface area contributed by atoms with Crippen LogP contribution in [0.3, 0.4) is 0 Å². The van der Waals surface area contributed by atoms with Crippen LogP contribution >= 0.6 is 0 Å². The molecule has 0 bridgehead atoms. The average Bonchev–Trinajstić information content (AvgIpc) is 3.45. The molecule has 0 saturated carbocycles. The van der Waals surface area contributed by atoms with E-state index in [1.807, 2.05) is 12.1 Å². The standard InChI is InChI=1S/C53H43NO5/c1-5-11-43-31(2)38-27-26-37(30-44(38)53(43,3)4)54(45-17-10-13-34-12-6-7-14-40(34)45)46-29-28-39(41-15-8-9-16-42(41)46)35-22-18-32(19-23-35)33-20-24-36(25-21-33)47-48(55)50(57)52(59)51(58)49(47)56/h5-30,55-59H,1-4H3/b11-5-. The Labute approximate surface area is 343 Å². The van der Waals surface area contributed by atoms with Crippen LogP contribution in [0.4, 0.5) is 17.1 Å². The molecule has 0 atom stereocenters. The van der Waals surface area contributed by atoms with E-state index in [4.69, 9.17) is 0 Å². The number of anilines is 3. The lowest BCUT2D eigenvalue weighted by Crippen LogP contribution is -2.18. The summed E-state index contributed by atoms with van der Waals surface area (Å²) in [6, 6.07) is 50.4. The number of hydrogen-bond donors (Lipinski definition) is 5. The van der Waals surface area contributed by atoms with Gasteiger partial charge in [-0.15, -0.1) is 0 Å². The molecule has 8 aromatic carbocycles. The van der Waals surface area contributed by atoms with Crippen molar-refractivity contribution in [2.45, 2.75) is 33.1 Å². The van der Waals surface area contributed by atoms with Gasteiger partial charge in [-0.3, -0.25) is 0 Å². The lowest BCUT2D eigenvalue weighted by atomic mass is 9.80. The van der Waals surface area contributed by atoms with E-state index in [1.165, 1.54) is 33.0 Å². The minimum absolute atomic E-state index is 0.154. The Bertz CT molecular complexity index is 3000. The Morgan fingerprint density at radius 1 is 0.492 bits per heavy atom. The molecular formula is C53H43NO5. The average molecular weight is 774 g/mol. The fourth-order valence-corrected chi connectivity index (χ4v) is 8.95. The van der Waals surface area contributed by atoms with E-state index in [9.17, 15) is 25.5 Å². The van der Waals surface area contributed by atoms with E-state index in [-0.39, 0.29) is 11.0 Å². The van der Waals surface area contributed by atoms with Crippen LogP contribution in [0.5, 0.6) is 28.7 Å². The summed E-state index contributed by atoms with van der Waals surface area (Å²) in [5.74, 6) is -4.25. The van der Waals surface area contributed by atoms with Crippen LogP contribution in [0.2, 0.25) is 0 Å². The smallest absolute Gasteiger partial charge is 0.208 e. The molecule has 0 amide bonds. The quantitative estimate of drug-likeness (QED) is 0.0816. The molecule has 0 radical (unpaired) electrons. The third-order valence-electron chi connectivity index (χ3n) is 12.0. The number of hydrogen-bond acceptors (Lipinski definition) is 6. The Morgan fingerprint density at radius 2 is 1.02 bits per heavy atom. The maximum absolute atomic E-state index is 10.4. The van der Waals surface area contributed by atoms with Gasteiger partial charge in [0.2, 0.25) is 17.2 Å². The fourth-order valence-electron chi connectivity index (χ4n) is 8.95. The van der Waals surface area contributed by atoms with Crippen molar-refractivity contribution >= 4 is 44.2 Å². The highest BCUT2D eigenvalue weighted by atomic mass is 16.4. The molecule has 6 heteroatoms. The zero-order chi connectivity index (χ0) is 41.2. The molecule has 6 nitrogen and oxygen atoms in total. The normalized spacial score (nSPS) is 13.4. The molecule has 0 spiro atoms. The summed E-state index contributed by atoms with van der Waals surface area (Å²) in [5, 5.41) is 55.4. The van der Waals surface area contributed by atoms with Gasteiger partial charge in [0.05, 0.1) is 16.9 Å². The summed E-state index contributed by atoms with van der Waals surface area (Å²) in [6.07, 6.45) is 4.39. The molecule has 8 aromatic rings. The summed E-state index contributed by atoms with van der Waals surface area (Å²) in [4.78, 5) is 2.42. The first-order valence-electron chi connectivity index (χ1n) is 19.7. The van der Waals surface area contributed by atoms with Gasteiger partial charge in [0.1, 0.15) is 0 Å². The lowest BCUT2D eigenvalue weighted by molar-refractivity contribution is 0.330. The van der Waals surface area contributed by atoms with Crippen molar-refractivity contribution in [1.29, 1.82) is 0 Å². The Hall–Kier alpha value is -7.44. The Morgan fingerprint density at radius 3 is 1.68 bits per heavy atom. The van der Waals surface area contributed by atoms with Crippen molar-refractivity contribution in [2.24, 2.45) is 0 Å². The topological polar surface area (TPSA) is 104 Å². The molecule has 0 aliphatic heterocycles. The first-order valence-corrected chi connectivity index (χ1v) is 19.7. The van der Waals surface area contributed by atoms with Gasteiger partial charge in [-0.05, 0) is 99.0 Å². The summed E-state index contributed by atoms with van der Waals surface area (Å²) >= 11 is 0. The molecule has 5 N–H and O–H groups in total. The first kappa shape index (κ1) is 37.2. The SMILES string of the molecule is C/C=C\C1=C(C)c2ccc(N(c3cccc4ccccc34)c3ccc(-c4ccc(-c5ccc(-c6c(O)c(O)c(O)c(O)c6O)cc5)cc4)c4ccccc34)cc2C1(C)C. The Balaban J connectivity index is 1.13. The van der Waals surface area contributed by atoms with Crippen LogP contribution in [0.1, 0.15) is 38.8 Å². The van der Waals surface area contributed by atoms with Gasteiger partial charge in [0, 0.05) is 21.9 Å². The van der Waals surface area contributed by atoms with Gasteiger partial charge in [-0.2, -0.15) is 0 Å². The molecule has 1 aliphatic carbocycles. The van der Waals surface area contributed by atoms with E-state index in [1.54, 1.807) is 12.1 Å². The highest BCUT2D eigenvalue weighted by Crippen LogP contribution is 2.55. The Kier molecular flexibility index (Phi) is 8.93. The molecule has 0 unspecified atom stereocenters. The number of fused-ring (bicyclic) bond motifs is 3. The zero-order valence-corrected chi connectivity index (χ0v) is 33.2. The van der Waals surface area contributed by atoms with Crippen molar-refractivity contribution in [3.63, 3.8) is 0 Å². The predicted octanol–water partition coefficient (Wildman–Crippen LogP) is 13.6. The third kappa shape index (κ3) is 5.95. The number of rotatable bonds is 7. The molecule has 9 rings (SSSR count). The van der Waals surface area contributed by atoms with Gasteiger partial charge < -0.3 is 30.4 Å². The maximum atomic E-state index is 10.4. The number of benzene rings is 8. The van der Waals surface area contributed by atoms with Crippen molar-refractivity contribution < 1.29 is 25.5 Å². The maximum Gasteiger partial charge on any atom is 0.208 e. The van der Waals surface area contributed by atoms with Gasteiger partial charge in [-0.1, -0.05) is 147 Å². The van der Waals surface area contributed by atoms with Crippen LogP contribution < -0.4 is 4.90 Å². The van der Waals surface area contributed by atoms with Crippen LogP contribution in [-0.4, -0.2) is 25.5 Å². The van der Waals surface area contributed by atoms with Gasteiger partial charge in [-0.25, -0.2) is 0 Å². The first-order chi connectivity index (χ1) is 28.5. The zero-order valence-electron chi connectivity index (χ0n) is 33.2. The number of phenols is 5. The van der Waals surface area contributed by atoms with E-state index in [2.05, 4.69) is 166 Å². The minimum Gasteiger partial charge on any atom is -0.504 e. The molecule has 0 saturated heterocycles. The van der Waals surface area contributed by atoms with E-state index in [0.29, 0.717) is 5.56 Å². The minimum atomic E-state index is -0.986. The highest BCUT2D eigenvalue weighted by molar-refractivity contribution is 6.09. The molecule has 0 fully saturated rings. The summed E-state index contributed by atoms with van der Waals surface area (Å²) in [5.41, 5.74) is 12.6. The van der Waals surface area contributed by atoms with Crippen LogP contribution in [0.15, 0.2) is 163 Å². The van der Waals surface area contributed by atoms with Crippen LogP contribution in [0.25, 0.3) is 60.5 Å². The monoisotopic (exact) mass is 773 g/mol.